The molecule has 0 radical (unpaired) electrons. The highest BCUT2D eigenvalue weighted by atomic mass is 35.5. The average Bonchev–Trinajstić information content (AvgIpc) is 3.35. The summed E-state index contributed by atoms with van der Waals surface area (Å²) in [5.74, 6) is -4.24. The fourth-order valence-electron chi connectivity index (χ4n) is 5.93. The summed E-state index contributed by atoms with van der Waals surface area (Å²) in [6.45, 7) is 2.01. The standard InChI is InChI=1S/C33H34ClF6N9O3/c1-31(2,3)16-32(21-8-5-18(6-9-21)20-13-43-47(14-20)27(35)36)26(50)48(29(41)46-32)24(15-52-30(51)45-25-12-33(25,39)40)19-7-10-22(34)23(11-19)49(28(37)38)44-17-42-4/h5-11,13-14,17,24-25,27-28H,4,12,15-16H2,1-3H3,(H2,41,46)(H,45,51)/b44-17-/t24-,25-,32-/m1/s1. The maximum Gasteiger partial charge on any atom is 0.407 e. The van der Waals surface area contributed by atoms with Gasteiger partial charge in [-0.1, -0.05) is 62.7 Å². The van der Waals surface area contributed by atoms with Crippen LogP contribution in [0.4, 0.5) is 36.8 Å². The van der Waals surface area contributed by atoms with Gasteiger partial charge in [0.25, 0.3) is 11.8 Å². The van der Waals surface area contributed by atoms with E-state index in [9.17, 15) is 35.9 Å². The second-order valence-electron chi connectivity index (χ2n) is 13.4. The molecule has 19 heteroatoms. The number of alkyl halides is 6. The molecule has 2 aliphatic rings. The van der Waals surface area contributed by atoms with Gasteiger partial charge in [-0.15, -0.1) is 0 Å². The molecule has 5 rings (SSSR count). The van der Waals surface area contributed by atoms with E-state index in [4.69, 9.17) is 21.7 Å². The van der Waals surface area contributed by atoms with Crippen LogP contribution in [0, 0.1) is 10.8 Å². The molecular formula is C33H34ClF6N9O3. The monoisotopic (exact) mass is 753 g/mol. The third kappa shape index (κ3) is 8.00. The summed E-state index contributed by atoms with van der Waals surface area (Å²) in [5.41, 5.74) is -1.13. The Kier molecular flexibility index (Phi) is 10.6. The summed E-state index contributed by atoms with van der Waals surface area (Å²) in [7, 11) is 0. The molecule has 12 nitrogen and oxygen atoms in total. The van der Waals surface area contributed by atoms with Crippen molar-refractivity contribution in [1.82, 2.24) is 25.3 Å². The van der Waals surface area contributed by atoms with Crippen LogP contribution in [-0.2, 0) is 15.1 Å². The number of halogens is 7. The zero-order chi connectivity index (χ0) is 38.2. The quantitative estimate of drug-likeness (QED) is 0.0557. The summed E-state index contributed by atoms with van der Waals surface area (Å²) in [6.07, 6.45) is 1.49. The Morgan fingerprint density at radius 1 is 1.21 bits per heavy atom. The lowest BCUT2D eigenvalue weighted by Gasteiger charge is -2.35. The molecule has 2 heterocycles. The van der Waals surface area contributed by atoms with Gasteiger partial charge in [-0.2, -0.15) is 27.8 Å². The number of ether oxygens (including phenoxy) is 1. The van der Waals surface area contributed by atoms with Crippen molar-refractivity contribution in [3.05, 3.63) is 71.0 Å². The Morgan fingerprint density at radius 3 is 2.44 bits per heavy atom. The molecule has 3 N–H and O–H groups in total. The number of guanidine groups is 1. The number of nitrogens with one attached hydrogen (secondary N) is 3. The molecular weight excluding hydrogens is 720 g/mol. The van der Waals surface area contributed by atoms with Gasteiger partial charge >= 0.3 is 19.2 Å². The van der Waals surface area contributed by atoms with Crippen molar-refractivity contribution in [2.24, 2.45) is 15.5 Å². The van der Waals surface area contributed by atoms with E-state index in [1.807, 2.05) is 26.1 Å². The average molecular weight is 754 g/mol. The van der Waals surface area contributed by atoms with Crippen molar-refractivity contribution in [3.8, 4) is 11.1 Å². The second-order valence-corrected chi connectivity index (χ2v) is 13.8. The van der Waals surface area contributed by atoms with Gasteiger partial charge in [0.2, 0.25) is 0 Å². The van der Waals surface area contributed by atoms with Gasteiger partial charge in [-0.05, 0) is 47.4 Å². The normalized spacial score (nSPS) is 20.4. The number of amides is 2. The van der Waals surface area contributed by atoms with Crippen molar-refractivity contribution in [3.63, 3.8) is 0 Å². The highest BCUT2D eigenvalue weighted by molar-refractivity contribution is 6.33. The Bertz CT molecular complexity index is 1870. The molecule has 0 spiro atoms. The molecule has 2 fully saturated rings. The highest BCUT2D eigenvalue weighted by Crippen LogP contribution is 2.44. The Labute approximate surface area is 299 Å². The van der Waals surface area contributed by atoms with E-state index in [0.29, 0.717) is 21.4 Å². The molecule has 1 aromatic heterocycles. The van der Waals surface area contributed by atoms with E-state index in [0.717, 1.165) is 17.3 Å². The number of carbonyl (C=O) groups excluding carboxylic acids is 2. The first kappa shape index (κ1) is 38.1. The van der Waals surface area contributed by atoms with Crippen molar-refractivity contribution in [1.29, 1.82) is 5.41 Å². The van der Waals surface area contributed by atoms with Crippen molar-refractivity contribution < 1.29 is 40.7 Å². The van der Waals surface area contributed by atoms with Crippen LogP contribution in [-0.4, -0.2) is 70.8 Å². The number of hydrogen-bond acceptors (Lipinski definition) is 7. The van der Waals surface area contributed by atoms with Crippen LogP contribution in [0.2, 0.25) is 5.02 Å². The van der Waals surface area contributed by atoms with Gasteiger partial charge in [0.1, 0.15) is 24.5 Å². The first-order valence-corrected chi connectivity index (χ1v) is 16.0. The number of benzene rings is 2. The van der Waals surface area contributed by atoms with Crippen LogP contribution >= 0.6 is 11.6 Å². The lowest BCUT2D eigenvalue weighted by Crippen LogP contribution is -2.47. The number of hydrazone groups is 1. The predicted octanol–water partition coefficient (Wildman–Crippen LogP) is 7.14. The van der Waals surface area contributed by atoms with Crippen molar-refractivity contribution in [2.75, 3.05) is 11.6 Å². The fraction of sp³-hybridized carbons (Fsp3) is 0.394. The molecule has 1 saturated heterocycles. The van der Waals surface area contributed by atoms with Crippen LogP contribution in [0.5, 0.6) is 0 Å². The maximum absolute atomic E-state index is 14.8. The molecule has 3 aromatic rings. The Balaban J connectivity index is 1.56. The van der Waals surface area contributed by atoms with Gasteiger partial charge in [0, 0.05) is 18.2 Å². The number of alkyl carbamates (subject to hydrolysis) is 1. The van der Waals surface area contributed by atoms with E-state index in [-0.39, 0.29) is 27.7 Å². The number of hydrogen-bond donors (Lipinski definition) is 3. The SMILES string of the molecule is C=N/C=N\N(c1cc([C@@H](COC(=O)N[C@@H]2CC2(F)F)N2C(=N)N[C@](CC(C)(C)C)(c3ccc(-c4cnn(C(F)F)c4)cc3)C2=O)ccc1Cl)C(F)F. The number of carbonyl (C=O) groups is 2. The maximum atomic E-state index is 14.8. The third-order valence-corrected chi connectivity index (χ3v) is 8.63. The van der Waals surface area contributed by atoms with E-state index >= 15 is 0 Å². The molecule has 2 aromatic carbocycles. The molecule has 1 saturated carbocycles. The lowest BCUT2D eigenvalue weighted by molar-refractivity contribution is -0.134. The molecule has 278 valence electrons. The minimum atomic E-state index is -3.22. The fourth-order valence-corrected chi connectivity index (χ4v) is 6.13. The first-order valence-electron chi connectivity index (χ1n) is 15.7. The van der Waals surface area contributed by atoms with Gasteiger partial charge < -0.3 is 15.4 Å². The largest absolute Gasteiger partial charge is 0.447 e. The number of rotatable bonds is 13. The lowest BCUT2D eigenvalue weighted by atomic mass is 9.75. The highest BCUT2D eigenvalue weighted by Gasteiger charge is 2.58. The zero-order valence-electron chi connectivity index (χ0n) is 28.0. The summed E-state index contributed by atoms with van der Waals surface area (Å²) in [5, 5.41) is 21.3. The summed E-state index contributed by atoms with van der Waals surface area (Å²) in [6, 6.07) is 7.36. The Morgan fingerprint density at radius 2 is 1.88 bits per heavy atom. The van der Waals surface area contributed by atoms with Gasteiger partial charge in [0.05, 0.1) is 22.9 Å². The number of nitrogens with zero attached hydrogens (tertiary/aromatic N) is 6. The minimum absolute atomic E-state index is 0.0641. The molecule has 3 atom stereocenters. The van der Waals surface area contributed by atoms with E-state index in [1.54, 1.807) is 24.3 Å². The van der Waals surface area contributed by atoms with E-state index in [1.165, 1.54) is 24.5 Å². The molecule has 0 bridgehead atoms. The minimum Gasteiger partial charge on any atom is -0.447 e. The van der Waals surface area contributed by atoms with Gasteiger partial charge in [-0.25, -0.2) is 23.3 Å². The first-order chi connectivity index (χ1) is 24.4. The summed E-state index contributed by atoms with van der Waals surface area (Å²) in [4.78, 5) is 31.7. The number of anilines is 1. The molecule has 1 aliphatic carbocycles. The van der Waals surface area contributed by atoms with Crippen LogP contribution in [0.3, 0.4) is 0 Å². The van der Waals surface area contributed by atoms with Gasteiger partial charge in [0.15, 0.2) is 5.96 Å². The number of aromatic nitrogens is 2. The summed E-state index contributed by atoms with van der Waals surface area (Å²) < 4.78 is 87.4. The Hall–Kier alpha value is -5.13. The number of aliphatic imine (C=N–C) groups is 1. The molecule has 52 heavy (non-hydrogen) atoms. The second kappa shape index (κ2) is 14.5. The van der Waals surface area contributed by atoms with Crippen LogP contribution in [0.25, 0.3) is 11.1 Å². The zero-order valence-corrected chi connectivity index (χ0v) is 28.7. The van der Waals surface area contributed by atoms with Gasteiger partial charge in [-0.3, -0.25) is 20.1 Å². The molecule has 2 amide bonds. The molecule has 0 unspecified atom stereocenters. The predicted molar refractivity (Wildman–Crippen MR) is 181 cm³/mol. The summed E-state index contributed by atoms with van der Waals surface area (Å²) >= 11 is 6.29. The third-order valence-electron chi connectivity index (χ3n) is 8.31. The van der Waals surface area contributed by atoms with Crippen LogP contribution < -0.4 is 15.6 Å². The van der Waals surface area contributed by atoms with Crippen LogP contribution in [0.15, 0.2) is 65.0 Å². The smallest absolute Gasteiger partial charge is 0.407 e. The van der Waals surface area contributed by atoms with Crippen LogP contribution in [0.1, 0.15) is 57.3 Å². The van der Waals surface area contributed by atoms with E-state index < -0.39 is 73.0 Å². The topological polar surface area (TPSA) is 140 Å². The van der Waals surface area contributed by atoms with E-state index in [2.05, 4.69) is 27.2 Å². The molecule has 1 aliphatic heterocycles. The van der Waals surface area contributed by atoms with Crippen molar-refractivity contribution in [2.45, 2.75) is 70.3 Å². The van der Waals surface area contributed by atoms with Crippen molar-refractivity contribution >= 4 is 48.3 Å².